The van der Waals surface area contributed by atoms with E-state index in [9.17, 15) is 4.79 Å². The van der Waals surface area contributed by atoms with Crippen LogP contribution in [0.3, 0.4) is 0 Å². The van der Waals surface area contributed by atoms with Gasteiger partial charge in [0.05, 0.1) is 6.42 Å². The summed E-state index contributed by atoms with van der Waals surface area (Å²) in [6.45, 7) is 1.20. The molecule has 0 saturated carbocycles. The number of rotatable bonds is 5. The van der Waals surface area contributed by atoms with Crippen LogP contribution in [0.15, 0.2) is 36.9 Å². The van der Waals surface area contributed by atoms with E-state index in [1.165, 1.54) is 0 Å². The van der Waals surface area contributed by atoms with Crippen molar-refractivity contribution in [2.75, 3.05) is 6.61 Å². The first-order chi connectivity index (χ1) is 11.3. The summed E-state index contributed by atoms with van der Waals surface area (Å²) in [5.74, 6) is 0.688. The number of pyridine rings is 1. The topological polar surface area (TPSA) is 77.0 Å². The zero-order valence-corrected chi connectivity index (χ0v) is 12.9. The molecule has 3 heterocycles. The van der Waals surface area contributed by atoms with Crippen LogP contribution in [-0.4, -0.2) is 27.5 Å². The molecule has 0 spiro atoms. The summed E-state index contributed by atoms with van der Waals surface area (Å²) in [4.78, 5) is 24.6. The third-order valence-corrected chi connectivity index (χ3v) is 3.77. The second kappa shape index (κ2) is 7.78. The van der Waals surface area contributed by atoms with Gasteiger partial charge in [0, 0.05) is 43.5 Å². The van der Waals surface area contributed by atoms with Gasteiger partial charge in [-0.1, -0.05) is 6.07 Å². The van der Waals surface area contributed by atoms with Gasteiger partial charge in [0.1, 0.15) is 6.10 Å². The Bertz CT molecular complexity index is 625. The van der Waals surface area contributed by atoms with E-state index in [4.69, 9.17) is 4.74 Å². The summed E-state index contributed by atoms with van der Waals surface area (Å²) in [6, 6.07) is 3.71. The van der Waals surface area contributed by atoms with Crippen molar-refractivity contribution < 1.29 is 9.53 Å². The van der Waals surface area contributed by atoms with Gasteiger partial charge in [-0.05, 0) is 30.9 Å². The smallest absolute Gasteiger partial charge is 0.224 e. The molecule has 1 atom stereocenters. The third kappa shape index (κ3) is 4.56. The number of hydrogen-bond acceptors (Lipinski definition) is 5. The molecule has 1 saturated heterocycles. The second-order valence-corrected chi connectivity index (χ2v) is 5.62. The maximum Gasteiger partial charge on any atom is 0.224 e. The highest BCUT2D eigenvalue weighted by Crippen LogP contribution is 2.24. The molecule has 1 fully saturated rings. The number of ether oxygens (including phenoxy) is 1. The largest absolute Gasteiger partial charge is 0.370 e. The Morgan fingerprint density at radius 3 is 2.78 bits per heavy atom. The fourth-order valence-electron chi connectivity index (χ4n) is 2.52. The van der Waals surface area contributed by atoms with Crippen molar-refractivity contribution in [1.82, 2.24) is 20.3 Å². The Morgan fingerprint density at radius 1 is 1.22 bits per heavy atom. The maximum atomic E-state index is 11.9. The van der Waals surface area contributed by atoms with Crippen LogP contribution in [0.1, 0.15) is 42.3 Å². The monoisotopic (exact) mass is 312 g/mol. The first-order valence-corrected chi connectivity index (χ1v) is 7.89. The van der Waals surface area contributed by atoms with Gasteiger partial charge in [-0.3, -0.25) is 9.78 Å². The number of hydrogen-bond donors (Lipinski definition) is 1. The third-order valence-electron chi connectivity index (χ3n) is 3.77. The van der Waals surface area contributed by atoms with E-state index in [2.05, 4.69) is 20.3 Å². The number of nitrogens with zero attached hydrogens (tertiary/aromatic N) is 3. The first-order valence-electron chi connectivity index (χ1n) is 7.89. The van der Waals surface area contributed by atoms with Crippen LogP contribution >= 0.6 is 0 Å². The van der Waals surface area contributed by atoms with E-state index in [1.807, 2.05) is 12.1 Å². The predicted molar refractivity (Wildman–Crippen MR) is 84.4 cm³/mol. The van der Waals surface area contributed by atoms with E-state index >= 15 is 0 Å². The van der Waals surface area contributed by atoms with Crippen molar-refractivity contribution in [3.05, 3.63) is 53.9 Å². The molecule has 1 amide bonds. The van der Waals surface area contributed by atoms with Crippen LogP contribution in [0, 0.1) is 0 Å². The van der Waals surface area contributed by atoms with Crippen LogP contribution in [0.5, 0.6) is 0 Å². The Labute approximate surface area is 135 Å². The molecule has 2 aromatic heterocycles. The molecule has 0 bridgehead atoms. The molecule has 1 unspecified atom stereocenters. The molecule has 120 valence electrons. The predicted octanol–water partition coefficient (Wildman–Crippen LogP) is 1.97. The maximum absolute atomic E-state index is 11.9. The van der Waals surface area contributed by atoms with Crippen molar-refractivity contribution in [2.24, 2.45) is 0 Å². The summed E-state index contributed by atoms with van der Waals surface area (Å²) < 4.78 is 5.67. The van der Waals surface area contributed by atoms with Gasteiger partial charge in [0.2, 0.25) is 5.91 Å². The molecule has 0 radical (unpaired) electrons. The van der Waals surface area contributed by atoms with Crippen molar-refractivity contribution in [3.63, 3.8) is 0 Å². The van der Waals surface area contributed by atoms with Crippen molar-refractivity contribution in [3.8, 4) is 0 Å². The van der Waals surface area contributed by atoms with E-state index in [-0.39, 0.29) is 12.0 Å². The summed E-state index contributed by atoms with van der Waals surface area (Å²) in [5.41, 5.74) is 1.77. The molecule has 1 N–H and O–H groups in total. The summed E-state index contributed by atoms with van der Waals surface area (Å²) in [7, 11) is 0. The fourth-order valence-corrected chi connectivity index (χ4v) is 2.52. The van der Waals surface area contributed by atoms with Gasteiger partial charge in [0.15, 0.2) is 5.82 Å². The molecule has 0 aliphatic carbocycles. The van der Waals surface area contributed by atoms with Gasteiger partial charge < -0.3 is 10.1 Å². The Kier molecular flexibility index (Phi) is 5.26. The lowest BCUT2D eigenvalue weighted by Gasteiger charge is -2.21. The lowest BCUT2D eigenvalue weighted by atomic mass is 10.1. The minimum Gasteiger partial charge on any atom is -0.370 e. The number of carbonyl (C=O) groups excluding carboxylic acids is 1. The molecular weight excluding hydrogens is 292 g/mol. The van der Waals surface area contributed by atoms with Crippen molar-refractivity contribution in [1.29, 1.82) is 0 Å². The minimum absolute atomic E-state index is 0.0120. The number of aromatic nitrogens is 3. The lowest BCUT2D eigenvalue weighted by molar-refractivity contribution is -0.120. The second-order valence-electron chi connectivity index (χ2n) is 5.62. The van der Waals surface area contributed by atoms with Crippen molar-refractivity contribution >= 4 is 5.91 Å². The summed E-state index contributed by atoms with van der Waals surface area (Å²) >= 11 is 0. The van der Waals surface area contributed by atoms with E-state index in [0.717, 1.165) is 42.8 Å². The van der Waals surface area contributed by atoms with Crippen LogP contribution in [0.4, 0.5) is 0 Å². The average molecular weight is 312 g/mol. The highest BCUT2D eigenvalue weighted by Gasteiger charge is 2.18. The van der Waals surface area contributed by atoms with E-state index in [0.29, 0.717) is 13.0 Å². The SMILES string of the molecule is O=C(Cc1cccnc1)NCc1cnc(C2CCCCO2)nc1. The molecule has 6 nitrogen and oxygen atoms in total. The van der Waals surface area contributed by atoms with Gasteiger partial charge in [-0.2, -0.15) is 0 Å². The molecule has 23 heavy (non-hydrogen) atoms. The molecule has 0 aromatic carbocycles. The van der Waals surface area contributed by atoms with Crippen LogP contribution in [0.2, 0.25) is 0 Å². The van der Waals surface area contributed by atoms with Gasteiger partial charge in [0.25, 0.3) is 0 Å². The van der Waals surface area contributed by atoms with Crippen LogP contribution < -0.4 is 5.32 Å². The standard InChI is InChI=1S/C17H20N4O2/c22-16(8-13-4-3-6-18-9-13)19-10-14-11-20-17(21-12-14)15-5-1-2-7-23-15/h3-4,6,9,11-12,15H,1-2,5,7-8,10H2,(H,19,22). The minimum atomic E-state index is -0.0438. The van der Waals surface area contributed by atoms with Crippen molar-refractivity contribution in [2.45, 2.75) is 38.3 Å². The normalized spacial score (nSPS) is 17.7. The average Bonchev–Trinajstić information content (AvgIpc) is 2.62. The van der Waals surface area contributed by atoms with Crippen LogP contribution in [0.25, 0.3) is 0 Å². The Balaban J connectivity index is 1.49. The Morgan fingerprint density at radius 2 is 2.09 bits per heavy atom. The number of nitrogens with one attached hydrogen (secondary N) is 1. The van der Waals surface area contributed by atoms with Crippen LogP contribution in [-0.2, 0) is 22.5 Å². The zero-order chi connectivity index (χ0) is 15.9. The molecule has 3 rings (SSSR count). The molecule has 2 aromatic rings. The fraction of sp³-hybridized carbons (Fsp3) is 0.412. The highest BCUT2D eigenvalue weighted by atomic mass is 16.5. The Hall–Kier alpha value is -2.34. The summed E-state index contributed by atoms with van der Waals surface area (Å²) in [6.07, 6.45) is 10.5. The number of amides is 1. The summed E-state index contributed by atoms with van der Waals surface area (Å²) in [5, 5.41) is 2.87. The quantitative estimate of drug-likeness (QED) is 0.913. The van der Waals surface area contributed by atoms with E-state index < -0.39 is 0 Å². The number of carbonyl (C=O) groups is 1. The lowest BCUT2D eigenvalue weighted by Crippen LogP contribution is -2.25. The molecule has 1 aliphatic heterocycles. The van der Waals surface area contributed by atoms with Gasteiger partial charge >= 0.3 is 0 Å². The van der Waals surface area contributed by atoms with Gasteiger partial charge in [-0.25, -0.2) is 9.97 Å². The molecule has 6 heteroatoms. The molecular formula is C17H20N4O2. The van der Waals surface area contributed by atoms with Gasteiger partial charge in [-0.15, -0.1) is 0 Å². The first kappa shape index (κ1) is 15.6. The highest BCUT2D eigenvalue weighted by molar-refractivity contribution is 5.78. The van der Waals surface area contributed by atoms with E-state index in [1.54, 1.807) is 24.8 Å². The molecule has 1 aliphatic rings. The zero-order valence-electron chi connectivity index (χ0n) is 12.9.